The molecule has 1 aromatic rings. The summed E-state index contributed by atoms with van der Waals surface area (Å²) in [6.07, 6.45) is -2.85. The minimum Gasteiger partial charge on any atom is -0.493 e. The molecular formula is C11H12ClF3O. The third-order valence-electron chi connectivity index (χ3n) is 2.00. The Morgan fingerprint density at radius 1 is 1.31 bits per heavy atom. The fraction of sp³-hybridized carbons (Fsp3) is 0.455. The molecular weight excluding hydrogens is 241 g/mol. The molecule has 0 N–H and O–H groups in total. The molecule has 0 aromatic heterocycles. The molecule has 0 aliphatic rings. The van der Waals surface area contributed by atoms with Gasteiger partial charge in [0.25, 0.3) is 0 Å². The molecule has 0 spiro atoms. The lowest BCUT2D eigenvalue weighted by Crippen LogP contribution is -2.09. The van der Waals surface area contributed by atoms with E-state index in [9.17, 15) is 13.2 Å². The largest absolute Gasteiger partial charge is 0.493 e. The highest BCUT2D eigenvalue weighted by atomic mass is 35.5. The van der Waals surface area contributed by atoms with Crippen LogP contribution >= 0.6 is 11.6 Å². The van der Waals surface area contributed by atoms with E-state index in [2.05, 4.69) is 0 Å². The second-order valence-electron chi connectivity index (χ2n) is 3.34. The molecule has 1 rings (SSSR count). The van der Waals surface area contributed by atoms with Gasteiger partial charge >= 0.3 is 6.18 Å². The Bertz CT molecular complexity index is 350. The van der Waals surface area contributed by atoms with Crippen LogP contribution in [0.25, 0.3) is 0 Å². The summed E-state index contributed by atoms with van der Waals surface area (Å²) in [6.45, 7) is 2.22. The molecule has 0 saturated heterocycles. The van der Waals surface area contributed by atoms with Crippen LogP contribution in [-0.4, -0.2) is 6.61 Å². The molecule has 16 heavy (non-hydrogen) atoms. The first-order chi connectivity index (χ1) is 7.45. The summed E-state index contributed by atoms with van der Waals surface area (Å²) in [7, 11) is 0. The third kappa shape index (κ3) is 3.59. The van der Waals surface area contributed by atoms with Gasteiger partial charge in [0.2, 0.25) is 0 Å². The molecule has 0 radical (unpaired) electrons. The fourth-order valence-corrected chi connectivity index (χ4v) is 1.35. The van der Waals surface area contributed by atoms with Crippen LogP contribution in [0.5, 0.6) is 5.75 Å². The zero-order valence-corrected chi connectivity index (χ0v) is 9.53. The Morgan fingerprint density at radius 2 is 2.00 bits per heavy atom. The van der Waals surface area contributed by atoms with Crippen molar-refractivity contribution < 1.29 is 17.9 Å². The number of rotatable bonds is 4. The molecule has 90 valence electrons. The highest BCUT2D eigenvalue weighted by Crippen LogP contribution is 2.37. The zero-order valence-electron chi connectivity index (χ0n) is 8.77. The second-order valence-corrected chi connectivity index (χ2v) is 3.78. The maximum Gasteiger partial charge on any atom is 0.420 e. The number of unbranched alkanes of at least 4 members (excludes halogenated alkanes) is 1. The van der Waals surface area contributed by atoms with Crippen LogP contribution < -0.4 is 4.74 Å². The number of halogens is 4. The van der Waals surface area contributed by atoms with Crippen LogP contribution in [0.15, 0.2) is 18.2 Å². The van der Waals surface area contributed by atoms with E-state index < -0.39 is 11.7 Å². The van der Waals surface area contributed by atoms with Crippen molar-refractivity contribution in [3.05, 3.63) is 28.8 Å². The van der Waals surface area contributed by atoms with Gasteiger partial charge in [0, 0.05) is 5.02 Å². The summed E-state index contributed by atoms with van der Waals surface area (Å²) in [5, 5.41) is 0.0511. The Hall–Kier alpha value is -0.900. The van der Waals surface area contributed by atoms with Gasteiger partial charge in [0.15, 0.2) is 0 Å². The van der Waals surface area contributed by atoms with E-state index in [1.807, 2.05) is 6.92 Å². The summed E-state index contributed by atoms with van der Waals surface area (Å²) >= 11 is 5.53. The first-order valence-corrected chi connectivity index (χ1v) is 5.32. The maximum absolute atomic E-state index is 12.6. The topological polar surface area (TPSA) is 9.23 Å². The molecule has 0 saturated carbocycles. The molecule has 1 nitrogen and oxygen atoms in total. The highest BCUT2D eigenvalue weighted by Gasteiger charge is 2.34. The van der Waals surface area contributed by atoms with Crippen molar-refractivity contribution in [2.75, 3.05) is 6.61 Å². The molecule has 0 atom stereocenters. The van der Waals surface area contributed by atoms with Crippen LogP contribution in [0.4, 0.5) is 13.2 Å². The van der Waals surface area contributed by atoms with E-state index in [1.54, 1.807) is 0 Å². The Labute approximate surface area is 97.2 Å². The van der Waals surface area contributed by atoms with E-state index in [1.165, 1.54) is 12.1 Å². The summed E-state index contributed by atoms with van der Waals surface area (Å²) in [5.74, 6) is -0.162. The number of hydrogen-bond acceptors (Lipinski definition) is 1. The minimum atomic E-state index is -4.44. The standard InChI is InChI=1S/C11H12ClF3O/c1-2-3-6-16-10-5-4-8(12)7-9(10)11(13,14)15/h4-5,7H,2-3,6H2,1H3. The van der Waals surface area contributed by atoms with Crippen molar-refractivity contribution in [3.63, 3.8) is 0 Å². The van der Waals surface area contributed by atoms with Crippen molar-refractivity contribution in [1.82, 2.24) is 0 Å². The number of alkyl halides is 3. The first-order valence-electron chi connectivity index (χ1n) is 4.94. The third-order valence-corrected chi connectivity index (χ3v) is 2.24. The number of benzene rings is 1. The average Bonchev–Trinajstić information content (AvgIpc) is 2.19. The van der Waals surface area contributed by atoms with E-state index in [4.69, 9.17) is 16.3 Å². The smallest absolute Gasteiger partial charge is 0.420 e. The quantitative estimate of drug-likeness (QED) is 0.715. The van der Waals surface area contributed by atoms with Gasteiger partial charge in [0.1, 0.15) is 5.75 Å². The molecule has 0 fully saturated rings. The number of ether oxygens (including phenoxy) is 1. The molecule has 5 heteroatoms. The Balaban J connectivity index is 2.90. The summed E-state index contributed by atoms with van der Waals surface area (Å²) in [5.41, 5.74) is -0.823. The minimum absolute atomic E-state index is 0.0511. The van der Waals surface area contributed by atoms with Crippen LogP contribution in [0.2, 0.25) is 5.02 Å². The van der Waals surface area contributed by atoms with Crippen LogP contribution in [-0.2, 0) is 6.18 Å². The maximum atomic E-state index is 12.6. The molecule has 0 aliphatic carbocycles. The lowest BCUT2D eigenvalue weighted by Gasteiger charge is -2.13. The molecule has 0 amide bonds. The van der Waals surface area contributed by atoms with Gasteiger partial charge < -0.3 is 4.74 Å². The van der Waals surface area contributed by atoms with Gasteiger partial charge in [0.05, 0.1) is 12.2 Å². The van der Waals surface area contributed by atoms with Gasteiger partial charge in [-0.25, -0.2) is 0 Å². The lowest BCUT2D eigenvalue weighted by atomic mass is 10.2. The van der Waals surface area contributed by atoms with Crippen molar-refractivity contribution in [2.24, 2.45) is 0 Å². The van der Waals surface area contributed by atoms with Gasteiger partial charge in [-0.3, -0.25) is 0 Å². The molecule has 1 aromatic carbocycles. The van der Waals surface area contributed by atoms with E-state index >= 15 is 0 Å². The summed E-state index contributed by atoms with van der Waals surface area (Å²) in [6, 6.07) is 3.52. The van der Waals surface area contributed by atoms with Gasteiger partial charge in [-0.1, -0.05) is 24.9 Å². The van der Waals surface area contributed by atoms with Crippen LogP contribution in [0, 0.1) is 0 Å². The number of hydrogen-bond donors (Lipinski definition) is 0. The van der Waals surface area contributed by atoms with Gasteiger partial charge in [-0.15, -0.1) is 0 Å². The zero-order chi connectivity index (χ0) is 12.2. The fourth-order valence-electron chi connectivity index (χ4n) is 1.18. The highest BCUT2D eigenvalue weighted by molar-refractivity contribution is 6.30. The van der Waals surface area contributed by atoms with Gasteiger partial charge in [-0.2, -0.15) is 13.2 Å². The second kappa shape index (κ2) is 5.43. The van der Waals surface area contributed by atoms with Crippen LogP contribution in [0.1, 0.15) is 25.3 Å². The van der Waals surface area contributed by atoms with Crippen molar-refractivity contribution >= 4 is 11.6 Å². The monoisotopic (exact) mass is 252 g/mol. The van der Waals surface area contributed by atoms with E-state index in [0.29, 0.717) is 0 Å². The molecule has 0 unspecified atom stereocenters. The average molecular weight is 253 g/mol. The van der Waals surface area contributed by atoms with E-state index in [0.717, 1.165) is 18.9 Å². The summed E-state index contributed by atoms with van der Waals surface area (Å²) in [4.78, 5) is 0. The molecule has 0 heterocycles. The summed E-state index contributed by atoms with van der Waals surface area (Å²) < 4.78 is 42.9. The predicted molar refractivity (Wildman–Crippen MR) is 56.9 cm³/mol. The Kier molecular flexibility index (Phi) is 4.47. The van der Waals surface area contributed by atoms with E-state index in [-0.39, 0.29) is 17.4 Å². The van der Waals surface area contributed by atoms with Crippen molar-refractivity contribution in [3.8, 4) is 5.75 Å². The SMILES string of the molecule is CCCCOc1ccc(Cl)cc1C(F)(F)F. The van der Waals surface area contributed by atoms with Crippen molar-refractivity contribution in [1.29, 1.82) is 0 Å². The predicted octanol–water partition coefficient (Wildman–Crippen LogP) is 4.54. The van der Waals surface area contributed by atoms with Gasteiger partial charge in [-0.05, 0) is 24.6 Å². The lowest BCUT2D eigenvalue weighted by molar-refractivity contribution is -0.138. The Morgan fingerprint density at radius 3 is 2.56 bits per heavy atom. The van der Waals surface area contributed by atoms with Crippen molar-refractivity contribution in [2.45, 2.75) is 25.9 Å². The molecule has 0 aliphatic heterocycles. The first kappa shape index (κ1) is 13.2. The molecule has 0 bridgehead atoms. The normalized spacial score (nSPS) is 11.6. The van der Waals surface area contributed by atoms with Crippen LogP contribution in [0.3, 0.4) is 0 Å².